The van der Waals surface area contributed by atoms with E-state index in [9.17, 15) is 4.79 Å². The van der Waals surface area contributed by atoms with Crippen molar-refractivity contribution in [1.29, 1.82) is 0 Å². The summed E-state index contributed by atoms with van der Waals surface area (Å²) in [5, 5.41) is 3.36. The van der Waals surface area contributed by atoms with E-state index in [0.29, 0.717) is 12.3 Å². The normalized spacial score (nSPS) is 15.0. The topological polar surface area (TPSA) is 44.8 Å². The van der Waals surface area contributed by atoms with E-state index in [2.05, 4.69) is 36.2 Å². The molecule has 1 aliphatic rings. The molecule has 0 aliphatic carbocycles. The molecule has 0 saturated carbocycles. The number of nitrogens with one attached hydrogen (secondary N) is 1. The fourth-order valence-corrected chi connectivity index (χ4v) is 2.88. The van der Waals surface area contributed by atoms with Gasteiger partial charge in [-0.1, -0.05) is 13.8 Å². The highest BCUT2D eigenvalue weighted by Crippen LogP contribution is 2.20. The lowest BCUT2D eigenvalue weighted by Crippen LogP contribution is -2.49. The number of ether oxygens (including phenoxy) is 1. The second-order valence-electron chi connectivity index (χ2n) is 6.75. The fraction of sp³-hybridized carbons (Fsp3) is 0.632. The highest BCUT2D eigenvalue weighted by molar-refractivity contribution is 5.76. The van der Waals surface area contributed by atoms with Gasteiger partial charge >= 0.3 is 0 Å². The minimum absolute atomic E-state index is 0.265. The van der Waals surface area contributed by atoms with Gasteiger partial charge in [-0.3, -0.25) is 4.79 Å². The predicted molar refractivity (Wildman–Crippen MR) is 98.7 cm³/mol. The van der Waals surface area contributed by atoms with Crippen LogP contribution in [0.4, 0.5) is 5.69 Å². The number of piperazine rings is 1. The maximum Gasteiger partial charge on any atom is 0.223 e. The molecule has 0 atom stereocenters. The van der Waals surface area contributed by atoms with Crippen LogP contribution in [-0.2, 0) is 4.79 Å². The van der Waals surface area contributed by atoms with Gasteiger partial charge in [0.15, 0.2) is 0 Å². The third-order valence-corrected chi connectivity index (χ3v) is 4.48. The van der Waals surface area contributed by atoms with Gasteiger partial charge in [-0.25, -0.2) is 0 Å². The highest BCUT2D eigenvalue weighted by atomic mass is 16.5. The molecule has 1 amide bonds. The van der Waals surface area contributed by atoms with Gasteiger partial charge < -0.3 is 19.9 Å². The van der Waals surface area contributed by atoms with Crippen LogP contribution in [-0.4, -0.2) is 57.2 Å². The van der Waals surface area contributed by atoms with Crippen molar-refractivity contribution < 1.29 is 9.53 Å². The molecular formula is C19H31N3O2. The number of benzene rings is 1. The molecule has 0 spiro atoms. The molecule has 0 radical (unpaired) electrons. The van der Waals surface area contributed by atoms with Crippen LogP contribution in [0.5, 0.6) is 5.75 Å². The third kappa shape index (κ3) is 5.71. The standard InChI is InChI=1S/C19H31N3O2/c1-16(2)8-10-20-11-9-19(23)22-14-12-21(13-15-22)17-4-6-18(24-3)7-5-17/h4-7,16,20H,8-15H2,1-3H3. The summed E-state index contributed by atoms with van der Waals surface area (Å²) in [6.07, 6.45) is 1.76. The molecule has 1 heterocycles. The molecular weight excluding hydrogens is 302 g/mol. The van der Waals surface area contributed by atoms with Gasteiger partial charge in [-0.2, -0.15) is 0 Å². The van der Waals surface area contributed by atoms with Crippen molar-refractivity contribution in [3.05, 3.63) is 24.3 Å². The van der Waals surface area contributed by atoms with Crippen LogP contribution in [0.25, 0.3) is 0 Å². The van der Waals surface area contributed by atoms with Crippen molar-refractivity contribution in [3.8, 4) is 5.75 Å². The molecule has 24 heavy (non-hydrogen) atoms. The molecule has 1 aromatic carbocycles. The molecule has 0 unspecified atom stereocenters. The average Bonchev–Trinajstić information content (AvgIpc) is 2.61. The molecule has 0 aromatic heterocycles. The van der Waals surface area contributed by atoms with Crippen LogP contribution < -0.4 is 15.0 Å². The second kappa shape index (κ2) is 9.52. The first-order valence-electron chi connectivity index (χ1n) is 8.97. The lowest BCUT2D eigenvalue weighted by Gasteiger charge is -2.36. The fourth-order valence-electron chi connectivity index (χ4n) is 2.88. The van der Waals surface area contributed by atoms with Crippen molar-refractivity contribution in [2.24, 2.45) is 5.92 Å². The molecule has 1 saturated heterocycles. The van der Waals surface area contributed by atoms with E-state index >= 15 is 0 Å². The minimum atomic E-state index is 0.265. The first kappa shape index (κ1) is 18.6. The quantitative estimate of drug-likeness (QED) is 0.742. The van der Waals surface area contributed by atoms with Gasteiger partial charge in [0, 0.05) is 44.8 Å². The van der Waals surface area contributed by atoms with Crippen LogP contribution in [0.1, 0.15) is 26.7 Å². The van der Waals surface area contributed by atoms with Crippen molar-refractivity contribution in [2.45, 2.75) is 26.7 Å². The van der Waals surface area contributed by atoms with E-state index in [0.717, 1.165) is 51.4 Å². The van der Waals surface area contributed by atoms with Crippen molar-refractivity contribution >= 4 is 11.6 Å². The molecule has 0 bridgehead atoms. The van der Waals surface area contributed by atoms with Gasteiger partial charge in [0.1, 0.15) is 5.75 Å². The van der Waals surface area contributed by atoms with Gasteiger partial charge in [0.05, 0.1) is 7.11 Å². The maximum absolute atomic E-state index is 12.3. The van der Waals surface area contributed by atoms with Gasteiger partial charge in [-0.05, 0) is 43.1 Å². The van der Waals surface area contributed by atoms with Crippen molar-refractivity contribution in [2.75, 3.05) is 51.3 Å². The predicted octanol–water partition coefficient (Wildman–Crippen LogP) is 2.37. The number of hydrogen-bond acceptors (Lipinski definition) is 4. The Morgan fingerprint density at radius 1 is 1.12 bits per heavy atom. The van der Waals surface area contributed by atoms with Gasteiger partial charge in [-0.15, -0.1) is 0 Å². The lowest BCUT2D eigenvalue weighted by molar-refractivity contribution is -0.131. The Labute approximate surface area is 146 Å². The molecule has 2 rings (SSSR count). The number of nitrogens with zero attached hydrogens (tertiary/aromatic N) is 2. The smallest absolute Gasteiger partial charge is 0.223 e. The van der Waals surface area contributed by atoms with E-state index in [1.807, 2.05) is 17.0 Å². The Morgan fingerprint density at radius 2 is 1.79 bits per heavy atom. The summed E-state index contributed by atoms with van der Waals surface area (Å²) < 4.78 is 5.20. The summed E-state index contributed by atoms with van der Waals surface area (Å²) in [5.74, 6) is 1.85. The zero-order valence-corrected chi connectivity index (χ0v) is 15.3. The number of rotatable bonds is 8. The average molecular weight is 333 g/mol. The number of carbonyl (C=O) groups is 1. The van der Waals surface area contributed by atoms with Crippen LogP contribution in [0.3, 0.4) is 0 Å². The zero-order chi connectivity index (χ0) is 17.4. The lowest BCUT2D eigenvalue weighted by atomic mass is 10.1. The van der Waals surface area contributed by atoms with Gasteiger partial charge in [0.25, 0.3) is 0 Å². The number of amides is 1. The monoisotopic (exact) mass is 333 g/mol. The summed E-state index contributed by atoms with van der Waals surface area (Å²) in [4.78, 5) is 16.6. The van der Waals surface area contributed by atoms with Crippen LogP contribution in [0, 0.1) is 5.92 Å². The molecule has 5 heteroatoms. The molecule has 1 fully saturated rings. The van der Waals surface area contributed by atoms with E-state index in [1.165, 1.54) is 5.69 Å². The van der Waals surface area contributed by atoms with Crippen molar-refractivity contribution in [3.63, 3.8) is 0 Å². The number of methoxy groups -OCH3 is 1. The third-order valence-electron chi connectivity index (χ3n) is 4.48. The summed E-state index contributed by atoms with van der Waals surface area (Å²) >= 11 is 0. The Hall–Kier alpha value is -1.75. The Balaban J connectivity index is 1.68. The minimum Gasteiger partial charge on any atom is -0.497 e. The summed E-state index contributed by atoms with van der Waals surface area (Å²) in [7, 11) is 1.68. The summed E-state index contributed by atoms with van der Waals surface area (Å²) in [6.45, 7) is 9.59. The first-order valence-corrected chi connectivity index (χ1v) is 8.97. The summed E-state index contributed by atoms with van der Waals surface area (Å²) in [5.41, 5.74) is 1.19. The van der Waals surface area contributed by atoms with E-state index in [4.69, 9.17) is 4.74 Å². The Bertz CT molecular complexity index is 494. The molecule has 5 nitrogen and oxygen atoms in total. The Morgan fingerprint density at radius 3 is 2.38 bits per heavy atom. The molecule has 1 aromatic rings. The largest absolute Gasteiger partial charge is 0.497 e. The first-order chi connectivity index (χ1) is 11.6. The van der Waals surface area contributed by atoms with Gasteiger partial charge in [0.2, 0.25) is 5.91 Å². The zero-order valence-electron chi connectivity index (χ0n) is 15.3. The van der Waals surface area contributed by atoms with Crippen molar-refractivity contribution in [1.82, 2.24) is 10.2 Å². The number of carbonyl (C=O) groups excluding carboxylic acids is 1. The summed E-state index contributed by atoms with van der Waals surface area (Å²) in [6, 6.07) is 8.12. The molecule has 134 valence electrons. The van der Waals surface area contributed by atoms with Crippen LogP contribution in [0.15, 0.2) is 24.3 Å². The van der Waals surface area contributed by atoms with E-state index in [-0.39, 0.29) is 5.91 Å². The SMILES string of the molecule is COc1ccc(N2CCN(C(=O)CCNCCC(C)C)CC2)cc1. The number of anilines is 1. The van der Waals surface area contributed by atoms with Crippen LogP contribution in [0.2, 0.25) is 0 Å². The molecule has 1 aliphatic heterocycles. The van der Waals surface area contributed by atoms with E-state index in [1.54, 1.807) is 7.11 Å². The van der Waals surface area contributed by atoms with Crippen LogP contribution >= 0.6 is 0 Å². The Kier molecular flexibility index (Phi) is 7.37. The van der Waals surface area contributed by atoms with E-state index < -0.39 is 0 Å². The highest BCUT2D eigenvalue weighted by Gasteiger charge is 2.20. The maximum atomic E-state index is 12.3. The second-order valence-corrected chi connectivity index (χ2v) is 6.75. The number of hydrogen-bond donors (Lipinski definition) is 1. The molecule has 1 N–H and O–H groups in total.